The number of alkyl halides is 2. The Morgan fingerprint density at radius 1 is 1.69 bits per heavy atom. The Kier molecular flexibility index (Phi) is 3.74. The van der Waals surface area contributed by atoms with Crippen LogP contribution in [-0.4, -0.2) is 18.1 Å². The van der Waals surface area contributed by atoms with E-state index < -0.39 is 23.7 Å². The van der Waals surface area contributed by atoms with Crippen molar-refractivity contribution >= 4 is 17.6 Å². The van der Waals surface area contributed by atoms with Gasteiger partial charge in [0, 0.05) is 0 Å². The number of aromatic nitrogens is 1. The molecule has 7 heteroatoms. The molecule has 0 saturated carbocycles. The van der Waals surface area contributed by atoms with Crippen molar-refractivity contribution in [1.29, 1.82) is 5.26 Å². The highest BCUT2D eigenvalue weighted by Crippen LogP contribution is 2.26. The van der Waals surface area contributed by atoms with Crippen LogP contribution in [-0.2, 0) is 4.74 Å². The molecule has 0 aliphatic carbocycles. The van der Waals surface area contributed by atoms with Gasteiger partial charge < -0.3 is 4.74 Å². The summed E-state index contributed by atoms with van der Waals surface area (Å²) in [4.78, 5) is 14.5. The number of hydrogen-bond acceptors (Lipinski definition) is 4. The molecule has 84 valence electrons. The predicted molar refractivity (Wildman–Crippen MR) is 50.3 cm³/mol. The quantitative estimate of drug-likeness (QED) is 0.593. The molecule has 1 aromatic rings. The monoisotopic (exact) mass is 246 g/mol. The Labute approximate surface area is 94.4 Å². The van der Waals surface area contributed by atoms with E-state index in [9.17, 15) is 13.6 Å². The minimum absolute atomic E-state index is 0.297. The molecule has 1 heterocycles. The lowest BCUT2D eigenvalue weighted by Crippen LogP contribution is -2.08. The topological polar surface area (TPSA) is 63.0 Å². The van der Waals surface area contributed by atoms with E-state index in [1.165, 1.54) is 6.07 Å². The smallest absolute Gasteiger partial charge is 0.339 e. The van der Waals surface area contributed by atoms with Gasteiger partial charge in [-0.15, -0.1) is 0 Å². The van der Waals surface area contributed by atoms with Gasteiger partial charge in [0.1, 0.15) is 16.9 Å². The summed E-state index contributed by atoms with van der Waals surface area (Å²) in [6.45, 7) is 0. The van der Waals surface area contributed by atoms with Crippen molar-refractivity contribution in [3.05, 3.63) is 28.0 Å². The Morgan fingerprint density at radius 3 is 2.75 bits per heavy atom. The summed E-state index contributed by atoms with van der Waals surface area (Å²) in [5.41, 5.74) is -1.66. The number of carbonyl (C=O) groups excluding carboxylic acids is 1. The van der Waals surface area contributed by atoms with Crippen LogP contribution in [0.3, 0.4) is 0 Å². The molecule has 1 aromatic heterocycles. The third-order valence-corrected chi connectivity index (χ3v) is 1.93. The SMILES string of the molecule is COC(=O)c1cc(Cl)nc(C(F)F)c1C#N. The largest absolute Gasteiger partial charge is 0.465 e. The number of carbonyl (C=O) groups is 1. The first-order valence-corrected chi connectivity index (χ1v) is 4.36. The summed E-state index contributed by atoms with van der Waals surface area (Å²) in [6.07, 6.45) is -2.99. The highest BCUT2D eigenvalue weighted by Gasteiger charge is 2.23. The Hall–Kier alpha value is -1.74. The lowest BCUT2D eigenvalue weighted by Gasteiger charge is -2.07. The van der Waals surface area contributed by atoms with E-state index in [4.69, 9.17) is 16.9 Å². The van der Waals surface area contributed by atoms with Crippen LogP contribution in [0, 0.1) is 11.3 Å². The number of esters is 1. The Balaban J connectivity index is 3.50. The van der Waals surface area contributed by atoms with Crippen molar-refractivity contribution < 1.29 is 18.3 Å². The van der Waals surface area contributed by atoms with Crippen LogP contribution in [0.15, 0.2) is 6.07 Å². The van der Waals surface area contributed by atoms with Gasteiger partial charge >= 0.3 is 5.97 Å². The van der Waals surface area contributed by atoms with Gasteiger partial charge in [0.05, 0.1) is 18.2 Å². The van der Waals surface area contributed by atoms with Gasteiger partial charge in [-0.25, -0.2) is 18.6 Å². The zero-order valence-corrected chi connectivity index (χ0v) is 8.76. The maximum Gasteiger partial charge on any atom is 0.339 e. The van der Waals surface area contributed by atoms with E-state index in [-0.39, 0.29) is 10.7 Å². The van der Waals surface area contributed by atoms with Crippen LogP contribution >= 0.6 is 11.6 Å². The molecule has 0 bridgehead atoms. The summed E-state index contributed by atoms with van der Waals surface area (Å²) in [5, 5.41) is 8.41. The van der Waals surface area contributed by atoms with Gasteiger partial charge in [0.2, 0.25) is 0 Å². The molecule has 4 nitrogen and oxygen atoms in total. The van der Waals surface area contributed by atoms with Gasteiger partial charge in [-0.3, -0.25) is 0 Å². The van der Waals surface area contributed by atoms with Crippen LogP contribution in [0.4, 0.5) is 8.78 Å². The van der Waals surface area contributed by atoms with Crippen LogP contribution in [0.2, 0.25) is 5.15 Å². The molecule has 0 unspecified atom stereocenters. The van der Waals surface area contributed by atoms with Crippen LogP contribution < -0.4 is 0 Å². The number of nitriles is 1. The third kappa shape index (κ3) is 2.25. The molecule has 0 amide bonds. The maximum absolute atomic E-state index is 12.5. The number of hydrogen-bond donors (Lipinski definition) is 0. The zero-order chi connectivity index (χ0) is 12.3. The Bertz CT molecular complexity index is 471. The van der Waals surface area contributed by atoms with Crippen molar-refractivity contribution in [2.45, 2.75) is 6.43 Å². The van der Waals surface area contributed by atoms with Crippen molar-refractivity contribution in [1.82, 2.24) is 4.98 Å². The van der Waals surface area contributed by atoms with E-state index in [2.05, 4.69) is 9.72 Å². The highest BCUT2D eigenvalue weighted by atomic mass is 35.5. The van der Waals surface area contributed by atoms with Crippen LogP contribution in [0.1, 0.15) is 28.0 Å². The second-order valence-electron chi connectivity index (χ2n) is 2.66. The van der Waals surface area contributed by atoms with Crippen LogP contribution in [0.25, 0.3) is 0 Å². The molecule has 1 rings (SSSR count). The lowest BCUT2D eigenvalue weighted by molar-refractivity contribution is 0.0599. The molecule has 0 aromatic carbocycles. The summed E-state index contributed by atoms with van der Waals surface area (Å²) < 4.78 is 29.4. The highest BCUT2D eigenvalue weighted by molar-refractivity contribution is 6.29. The normalized spacial score (nSPS) is 10.0. The summed E-state index contributed by atoms with van der Waals surface area (Å²) >= 11 is 5.46. The summed E-state index contributed by atoms with van der Waals surface area (Å²) in [5.74, 6) is -0.914. The van der Waals surface area contributed by atoms with Crippen molar-refractivity contribution in [3.63, 3.8) is 0 Å². The maximum atomic E-state index is 12.5. The molecular weight excluding hydrogens is 242 g/mol. The molecule has 0 aliphatic heterocycles. The first kappa shape index (κ1) is 12.3. The van der Waals surface area contributed by atoms with Crippen molar-refractivity contribution in [2.24, 2.45) is 0 Å². The molecule has 0 saturated heterocycles. The van der Waals surface area contributed by atoms with E-state index in [0.29, 0.717) is 0 Å². The van der Waals surface area contributed by atoms with E-state index in [0.717, 1.165) is 13.2 Å². The van der Waals surface area contributed by atoms with Crippen LogP contribution in [0.5, 0.6) is 0 Å². The summed E-state index contributed by atoms with van der Waals surface area (Å²) in [6, 6.07) is 2.50. The standard InChI is InChI=1S/C9H5ClF2N2O2/c1-16-9(15)4-2-6(10)14-7(8(11)12)5(4)3-13/h2,8H,1H3. The number of rotatable bonds is 2. The fraction of sp³-hybridized carbons (Fsp3) is 0.222. The lowest BCUT2D eigenvalue weighted by atomic mass is 10.1. The fourth-order valence-corrected chi connectivity index (χ4v) is 1.28. The molecule has 0 spiro atoms. The van der Waals surface area contributed by atoms with Gasteiger partial charge in [-0.1, -0.05) is 11.6 Å². The Morgan fingerprint density at radius 2 is 2.31 bits per heavy atom. The number of pyridine rings is 1. The molecule has 0 aliphatic rings. The minimum atomic E-state index is -2.99. The number of nitrogens with zero attached hydrogens (tertiary/aromatic N) is 2. The van der Waals surface area contributed by atoms with Gasteiger partial charge in [0.25, 0.3) is 6.43 Å². The van der Waals surface area contributed by atoms with Crippen molar-refractivity contribution in [3.8, 4) is 6.07 Å². The van der Waals surface area contributed by atoms with E-state index >= 15 is 0 Å². The molecule has 0 N–H and O–H groups in total. The minimum Gasteiger partial charge on any atom is -0.465 e. The van der Waals surface area contributed by atoms with E-state index in [1.807, 2.05) is 0 Å². The van der Waals surface area contributed by atoms with Gasteiger partial charge in [0.15, 0.2) is 0 Å². The number of methoxy groups -OCH3 is 1. The van der Waals surface area contributed by atoms with Gasteiger partial charge in [-0.2, -0.15) is 5.26 Å². The average molecular weight is 247 g/mol. The van der Waals surface area contributed by atoms with Gasteiger partial charge in [-0.05, 0) is 6.07 Å². The molecular formula is C9H5ClF2N2O2. The second kappa shape index (κ2) is 4.86. The first-order chi connectivity index (χ1) is 7.51. The molecule has 0 radical (unpaired) electrons. The summed E-state index contributed by atoms with van der Waals surface area (Å²) in [7, 11) is 1.07. The average Bonchev–Trinajstić information content (AvgIpc) is 2.26. The second-order valence-corrected chi connectivity index (χ2v) is 3.04. The molecule has 0 atom stereocenters. The predicted octanol–water partition coefficient (Wildman–Crippen LogP) is 2.33. The fourth-order valence-electron chi connectivity index (χ4n) is 1.08. The van der Waals surface area contributed by atoms with E-state index in [1.54, 1.807) is 0 Å². The molecule has 16 heavy (non-hydrogen) atoms. The number of halogens is 3. The molecule has 0 fully saturated rings. The zero-order valence-electron chi connectivity index (χ0n) is 8.00. The third-order valence-electron chi connectivity index (χ3n) is 1.74. The first-order valence-electron chi connectivity index (χ1n) is 3.98. The number of ether oxygens (including phenoxy) is 1. The van der Waals surface area contributed by atoms with Crippen molar-refractivity contribution in [2.75, 3.05) is 7.11 Å².